The van der Waals surface area contributed by atoms with Crippen LogP contribution in [0.4, 0.5) is 0 Å². The van der Waals surface area contributed by atoms with Crippen molar-refractivity contribution in [3.8, 4) is 11.4 Å². The molecule has 2 fully saturated rings. The first-order valence-electron chi connectivity index (χ1n) is 9.93. The Morgan fingerprint density at radius 3 is 2.24 bits per heavy atom. The molecule has 1 aliphatic heterocycles. The van der Waals surface area contributed by atoms with E-state index >= 15 is 0 Å². The Morgan fingerprint density at radius 1 is 1.03 bits per heavy atom. The molecule has 4 unspecified atom stereocenters. The summed E-state index contributed by atoms with van der Waals surface area (Å²) < 4.78 is 7.35. The highest BCUT2D eigenvalue weighted by Crippen LogP contribution is 2.52. The summed E-state index contributed by atoms with van der Waals surface area (Å²) in [6.45, 7) is 4.03. The molecule has 0 radical (unpaired) electrons. The van der Waals surface area contributed by atoms with Crippen LogP contribution in [0.5, 0.6) is 5.75 Å². The Balaban J connectivity index is 1.42. The lowest BCUT2D eigenvalue weighted by Crippen LogP contribution is -2.28. The van der Waals surface area contributed by atoms with Crippen LogP contribution in [0.3, 0.4) is 0 Å². The molecule has 2 amide bonds. The molecule has 1 aromatic heterocycles. The second-order valence-corrected chi connectivity index (χ2v) is 8.09. The predicted octanol–water partition coefficient (Wildman–Crippen LogP) is 3.24. The summed E-state index contributed by atoms with van der Waals surface area (Å²) in [5.74, 6) is 0.443. The lowest BCUT2D eigenvalue weighted by Gasteiger charge is -2.13. The third kappa shape index (κ3) is 2.58. The highest BCUT2D eigenvalue weighted by molar-refractivity contribution is 6.06. The summed E-state index contributed by atoms with van der Waals surface area (Å²) in [4.78, 5) is 25.6. The van der Waals surface area contributed by atoms with E-state index in [9.17, 15) is 9.59 Å². The van der Waals surface area contributed by atoms with Crippen molar-refractivity contribution in [1.29, 1.82) is 0 Å². The number of hydrazone groups is 1. The molecule has 1 aromatic carbocycles. The maximum Gasteiger partial charge on any atom is 0.254 e. The molecule has 6 nitrogen and oxygen atoms in total. The zero-order chi connectivity index (χ0) is 20.3. The number of nitrogens with zero attached hydrogens (tertiary/aromatic N) is 3. The van der Waals surface area contributed by atoms with E-state index in [-0.39, 0.29) is 35.5 Å². The number of rotatable bonds is 4. The van der Waals surface area contributed by atoms with Gasteiger partial charge in [-0.25, -0.2) is 0 Å². The van der Waals surface area contributed by atoms with Crippen molar-refractivity contribution < 1.29 is 14.3 Å². The van der Waals surface area contributed by atoms with Crippen molar-refractivity contribution in [3.63, 3.8) is 0 Å². The number of methoxy groups -OCH3 is 1. The third-order valence-electron chi connectivity index (χ3n) is 6.56. The molecule has 3 aliphatic rings. The van der Waals surface area contributed by atoms with E-state index in [1.165, 1.54) is 0 Å². The standard InChI is InChI=1S/C23H23N3O3/c1-13-10-17(14(2)25(13)18-6-8-19(29-3)9-7-18)12-24-26-22(27)20-15-4-5-16(11-15)21(20)23(26)28/h4-10,12,15-16,20-21H,11H2,1-3H3. The van der Waals surface area contributed by atoms with Crippen molar-refractivity contribution in [2.45, 2.75) is 20.3 Å². The second kappa shape index (κ2) is 6.44. The van der Waals surface area contributed by atoms with Gasteiger partial charge in [0.25, 0.3) is 11.8 Å². The molecule has 2 heterocycles. The minimum atomic E-state index is -0.221. The second-order valence-electron chi connectivity index (χ2n) is 8.09. The number of hydrogen-bond donors (Lipinski definition) is 0. The molecule has 6 heteroatoms. The number of imide groups is 1. The molecule has 2 bridgehead atoms. The highest BCUT2D eigenvalue weighted by Gasteiger charge is 2.59. The number of fused-ring (bicyclic) bond motifs is 5. The first-order chi connectivity index (χ1) is 14.0. The fraction of sp³-hybridized carbons (Fsp3) is 0.348. The van der Waals surface area contributed by atoms with E-state index < -0.39 is 0 Å². The van der Waals surface area contributed by atoms with Crippen molar-refractivity contribution >= 4 is 18.0 Å². The topological polar surface area (TPSA) is 63.9 Å². The van der Waals surface area contributed by atoms with Crippen LogP contribution in [-0.4, -0.2) is 34.7 Å². The lowest BCUT2D eigenvalue weighted by atomic mass is 9.85. The van der Waals surface area contributed by atoms with Crippen LogP contribution < -0.4 is 4.74 Å². The van der Waals surface area contributed by atoms with Gasteiger partial charge in [0.1, 0.15) is 5.75 Å². The van der Waals surface area contributed by atoms with E-state index in [1.54, 1.807) is 13.3 Å². The summed E-state index contributed by atoms with van der Waals surface area (Å²) in [5, 5.41) is 5.42. The normalized spacial score (nSPS) is 27.5. The molecule has 29 heavy (non-hydrogen) atoms. The van der Waals surface area contributed by atoms with Gasteiger partial charge in [-0.05, 0) is 62.4 Å². The van der Waals surface area contributed by atoms with Crippen molar-refractivity contribution in [1.82, 2.24) is 9.58 Å². The van der Waals surface area contributed by atoms with E-state index in [1.807, 2.05) is 44.2 Å². The SMILES string of the molecule is COc1ccc(-n2c(C)cc(C=NN3C(=O)C4C5C=CC(C5)C4C3=O)c2C)cc1. The molecular weight excluding hydrogens is 366 g/mol. The maximum atomic E-state index is 12.8. The Bertz CT molecular complexity index is 1030. The largest absolute Gasteiger partial charge is 0.497 e. The lowest BCUT2D eigenvalue weighted by molar-refractivity contribution is -0.140. The van der Waals surface area contributed by atoms with Crippen LogP contribution in [0.15, 0.2) is 47.6 Å². The molecule has 1 saturated heterocycles. The molecule has 0 spiro atoms. The van der Waals surface area contributed by atoms with Crippen LogP contribution >= 0.6 is 0 Å². The first-order valence-corrected chi connectivity index (χ1v) is 9.93. The molecule has 5 rings (SSSR count). The summed E-state index contributed by atoms with van der Waals surface area (Å²) in [6.07, 6.45) is 6.74. The van der Waals surface area contributed by atoms with E-state index in [2.05, 4.69) is 21.8 Å². The van der Waals surface area contributed by atoms with Gasteiger partial charge in [0.05, 0.1) is 25.2 Å². The van der Waals surface area contributed by atoms with Crippen molar-refractivity contribution in [2.75, 3.05) is 7.11 Å². The van der Waals surface area contributed by atoms with Gasteiger partial charge in [0.2, 0.25) is 0 Å². The number of hydrogen-bond acceptors (Lipinski definition) is 4. The quantitative estimate of drug-likeness (QED) is 0.458. The highest BCUT2D eigenvalue weighted by atomic mass is 16.5. The summed E-state index contributed by atoms with van der Waals surface area (Å²) in [6, 6.07) is 9.85. The molecule has 4 atom stereocenters. The smallest absolute Gasteiger partial charge is 0.254 e. The first kappa shape index (κ1) is 17.9. The Hall–Kier alpha value is -3.15. The number of allylic oxidation sites excluding steroid dienone is 2. The minimum absolute atomic E-state index is 0.155. The van der Waals surface area contributed by atoms with Crippen molar-refractivity contribution in [3.05, 3.63) is 59.4 Å². The zero-order valence-corrected chi connectivity index (χ0v) is 16.7. The summed E-state index contributed by atoms with van der Waals surface area (Å²) >= 11 is 0. The predicted molar refractivity (Wildman–Crippen MR) is 109 cm³/mol. The number of carbonyl (C=O) groups excluding carboxylic acids is 2. The summed E-state index contributed by atoms with van der Waals surface area (Å²) in [5.41, 5.74) is 3.95. The number of aryl methyl sites for hydroxylation is 1. The number of carbonyl (C=O) groups is 2. The van der Waals surface area contributed by atoms with Gasteiger partial charge in [0.15, 0.2) is 0 Å². The molecule has 1 saturated carbocycles. The van der Waals surface area contributed by atoms with Crippen LogP contribution in [0.2, 0.25) is 0 Å². The Kier molecular flexibility index (Phi) is 3.98. The van der Waals surface area contributed by atoms with Gasteiger partial charge in [0, 0.05) is 22.6 Å². The van der Waals surface area contributed by atoms with Gasteiger partial charge in [-0.2, -0.15) is 10.1 Å². The minimum Gasteiger partial charge on any atom is -0.497 e. The third-order valence-corrected chi connectivity index (χ3v) is 6.56. The molecule has 2 aliphatic carbocycles. The van der Waals surface area contributed by atoms with Crippen LogP contribution in [0, 0.1) is 37.5 Å². The van der Waals surface area contributed by atoms with Gasteiger partial charge in [-0.15, -0.1) is 0 Å². The molecule has 148 valence electrons. The molecule has 2 aromatic rings. The van der Waals surface area contributed by atoms with Gasteiger partial charge in [-0.3, -0.25) is 9.59 Å². The maximum absolute atomic E-state index is 12.8. The average molecular weight is 389 g/mol. The van der Waals surface area contributed by atoms with Crippen LogP contribution in [0.1, 0.15) is 23.4 Å². The number of ether oxygens (including phenoxy) is 1. The fourth-order valence-corrected chi connectivity index (χ4v) is 5.17. The van der Waals surface area contributed by atoms with Gasteiger partial charge in [-0.1, -0.05) is 12.2 Å². The zero-order valence-electron chi connectivity index (χ0n) is 16.7. The van der Waals surface area contributed by atoms with E-state index in [0.717, 1.165) is 39.8 Å². The van der Waals surface area contributed by atoms with Gasteiger partial charge >= 0.3 is 0 Å². The number of aromatic nitrogens is 1. The van der Waals surface area contributed by atoms with Gasteiger partial charge < -0.3 is 9.30 Å². The van der Waals surface area contributed by atoms with E-state index in [4.69, 9.17) is 4.74 Å². The number of amides is 2. The summed E-state index contributed by atoms with van der Waals surface area (Å²) in [7, 11) is 1.65. The Labute approximate surface area is 169 Å². The van der Waals surface area contributed by atoms with Crippen LogP contribution in [0.25, 0.3) is 5.69 Å². The molecule has 0 N–H and O–H groups in total. The monoisotopic (exact) mass is 389 g/mol. The molecular formula is C23H23N3O3. The Morgan fingerprint density at radius 2 is 1.66 bits per heavy atom. The number of benzene rings is 1. The van der Waals surface area contributed by atoms with Crippen molar-refractivity contribution in [2.24, 2.45) is 28.8 Å². The van der Waals surface area contributed by atoms with E-state index in [0.29, 0.717) is 0 Å². The fourth-order valence-electron chi connectivity index (χ4n) is 5.17. The average Bonchev–Trinajstić information content (AvgIpc) is 3.45. The van der Waals surface area contributed by atoms with Crippen LogP contribution in [-0.2, 0) is 9.59 Å².